The summed E-state index contributed by atoms with van der Waals surface area (Å²) in [6, 6.07) is 3.02. The highest BCUT2D eigenvalue weighted by molar-refractivity contribution is 6.30. The molecule has 0 saturated heterocycles. The largest absolute Gasteiger partial charge is 0.480 e. The van der Waals surface area contributed by atoms with E-state index in [1.807, 2.05) is 6.08 Å². The Hall–Kier alpha value is -1.88. The third-order valence-corrected chi connectivity index (χ3v) is 3.98. The summed E-state index contributed by atoms with van der Waals surface area (Å²) in [5, 5.41) is 12.7. The molecule has 1 unspecified atom stereocenters. The number of nitrogens with one attached hydrogen (secondary N) is 1. The number of nitrogens with zero attached hydrogens (tertiary/aromatic N) is 1. The summed E-state index contributed by atoms with van der Waals surface area (Å²) < 4.78 is 0. The summed E-state index contributed by atoms with van der Waals surface area (Å²) in [6.07, 6.45) is 6.27. The number of amides is 1. The molecule has 1 aromatic heterocycles. The normalized spacial score (nSPS) is 22.6. The van der Waals surface area contributed by atoms with E-state index in [0.29, 0.717) is 23.6 Å². The highest BCUT2D eigenvalue weighted by Gasteiger charge is 2.46. The van der Waals surface area contributed by atoms with Crippen LogP contribution < -0.4 is 5.32 Å². The van der Waals surface area contributed by atoms with Crippen molar-refractivity contribution in [3.8, 4) is 0 Å². The smallest absolute Gasteiger partial charge is 0.319 e. The second-order valence-corrected chi connectivity index (χ2v) is 5.63. The maximum atomic E-state index is 12.4. The van der Waals surface area contributed by atoms with E-state index in [-0.39, 0.29) is 12.5 Å². The van der Waals surface area contributed by atoms with Crippen LogP contribution in [0.3, 0.4) is 0 Å². The lowest BCUT2D eigenvalue weighted by Crippen LogP contribution is -2.47. The molecule has 1 aliphatic carbocycles. The van der Waals surface area contributed by atoms with E-state index in [1.165, 1.54) is 6.20 Å². The van der Waals surface area contributed by atoms with Gasteiger partial charge in [-0.05, 0) is 38.3 Å². The number of pyridine rings is 1. The summed E-state index contributed by atoms with van der Waals surface area (Å²) in [4.78, 5) is 28.1. The van der Waals surface area contributed by atoms with E-state index in [4.69, 9.17) is 11.6 Å². The quantitative estimate of drug-likeness (QED) is 0.662. The van der Waals surface area contributed by atoms with Crippen LogP contribution in [0, 0.1) is 5.41 Å². The molecule has 112 valence electrons. The monoisotopic (exact) mass is 308 g/mol. The first-order valence-corrected chi connectivity index (χ1v) is 7.14. The molecule has 0 fully saturated rings. The van der Waals surface area contributed by atoms with Crippen molar-refractivity contribution >= 4 is 23.5 Å². The summed E-state index contributed by atoms with van der Waals surface area (Å²) in [5.41, 5.74) is -0.741. The van der Waals surface area contributed by atoms with Gasteiger partial charge in [0.2, 0.25) is 5.91 Å². The lowest BCUT2D eigenvalue weighted by atomic mass is 9.76. The van der Waals surface area contributed by atoms with Gasteiger partial charge in [-0.25, -0.2) is 0 Å². The number of hydrogen-bond acceptors (Lipinski definition) is 3. The minimum absolute atomic E-state index is 0.217. The van der Waals surface area contributed by atoms with Gasteiger partial charge in [0, 0.05) is 6.20 Å². The van der Waals surface area contributed by atoms with Crippen LogP contribution in [0.2, 0.25) is 5.02 Å². The number of allylic oxidation sites excluding steroid dienone is 2. The molecule has 2 N–H and O–H groups in total. The molecule has 0 spiro atoms. The second-order valence-electron chi connectivity index (χ2n) is 5.20. The van der Waals surface area contributed by atoms with E-state index >= 15 is 0 Å². The molecule has 2 rings (SSSR count). The minimum Gasteiger partial charge on any atom is -0.480 e. The topological polar surface area (TPSA) is 79.3 Å². The van der Waals surface area contributed by atoms with Gasteiger partial charge in [0.15, 0.2) is 0 Å². The van der Waals surface area contributed by atoms with E-state index in [9.17, 15) is 14.7 Å². The van der Waals surface area contributed by atoms with Crippen molar-refractivity contribution in [1.29, 1.82) is 0 Å². The van der Waals surface area contributed by atoms with Gasteiger partial charge in [-0.1, -0.05) is 23.8 Å². The minimum atomic E-state index is -1.38. The summed E-state index contributed by atoms with van der Waals surface area (Å²) in [7, 11) is 0. The second kappa shape index (κ2) is 6.26. The third kappa shape index (κ3) is 3.24. The first kappa shape index (κ1) is 15.5. The maximum Gasteiger partial charge on any atom is 0.319 e. The third-order valence-electron chi connectivity index (χ3n) is 3.76. The molecule has 1 heterocycles. The summed E-state index contributed by atoms with van der Waals surface area (Å²) in [6.45, 7) is 1.77. The van der Waals surface area contributed by atoms with E-state index in [1.54, 1.807) is 25.1 Å². The molecule has 0 saturated carbocycles. The maximum absolute atomic E-state index is 12.4. The Morgan fingerprint density at radius 2 is 2.19 bits per heavy atom. The number of carbonyl (C=O) groups excluding carboxylic acids is 1. The van der Waals surface area contributed by atoms with Crippen molar-refractivity contribution in [2.45, 2.75) is 32.2 Å². The molecule has 2 atom stereocenters. The lowest BCUT2D eigenvalue weighted by molar-refractivity contribution is -0.156. The highest BCUT2D eigenvalue weighted by Crippen LogP contribution is 2.34. The Kier molecular flexibility index (Phi) is 4.63. The average molecular weight is 309 g/mol. The Morgan fingerprint density at radius 3 is 2.71 bits per heavy atom. The van der Waals surface area contributed by atoms with E-state index < -0.39 is 17.3 Å². The first-order valence-electron chi connectivity index (χ1n) is 6.76. The zero-order valence-electron chi connectivity index (χ0n) is 11.7. The average Bonchev–Trinajstić information content (AvgIpc) is 2.48. The number of carbonyl (C=O) groups is 2. The SMILES string of the molecule is C[C@H](NC(=O)C1(C(=O)O)CC=CCC1)c1ccc(Cl)cn1. The Morgan fingerprint density at radius 1 is 1.43 bits per heavy atom. The lowest BCUT2D eigenvalue weighted by Gasteiger charge is -2.30. The van der Waals surface area contributed by atoms with Gasteiger partial charge in [0.1, 0.15) is 5.41 Å². The Bertz CT molecular complexity index is 571. The molecule has 1 amide bonds. The van der Waals surface area contributed by atoms with Crippen LogP contribution in [0.4, 0.5) is 0 Å². The van der Waals surface area contributed by atoms with Gasteiger partial charge in [-0.3, -0.25) is 14.6 Å². The van der Waals surface area contributed by atoms with E-state index in [0.717, 1.165) is 0 Å². The number of carboxylic acids is 1. The van der Waals surface area contributed by atoms with Crippen molar-refractivity contribution in [3.63, 3.8) is 0 Å². The summed E-state index contributed by atoms with van der Waals surface area (Å²) >= 11 is 5.77. The zero-order chi connectivity index (χ0) is 15.5. The van der Waals surface area contributed by atoms with Crippen LogP contribution in [0.15, 0.2) is 30.5 Å². The van der Waals surface area contributed by atoms with Crippen LogP contribution in [0.25, 0.3) is 0 Å². The summed E-state index contributed by atoms with van der Waals surface area (Å²) in [5.74, 6) is -1.55. The number of halogens is 1. The predicted octanol–water partition coefficient (Wildman–Crippen LogP) is 2.72. The van der Waals surface area contributed by atoms with Crippen LogP contribution in [0.5, 0.6) is 0 Å². The van der Waals surface area contributed by atoms with E-state index in [2.05, 4.69) is 10.3 Å². The number of rotatable bonds is 4. The highest BCUT2D eigenvalue weighted by atomic mass is 35.5. The number of hydrogen-bond donors (Lipinski definition) is 2. The van der Waals surface area contributed by atoms with Gasteiger partial charge >= 0.3 is 5.97 Å². The van der Waals surface area contributed by atoms with Crippen molar-refractivity contribution in [3.05, 3.63) is 41.2 Å². The molecule has 1 aliphatic rings. The molecular formula is C15H17ClN2O3. The number of aromatic nitrogens is 1. The number of carboxylic acid groups (broad SMARTS) is 1. The van der Waals surface area contributed by atoms with Crippen molar-refractivity contribution in [2.24, 2.45) is 5.41 Å². The molecule has 5 nitrogen and oxygen atoms in total. The van der Waals surface area contributed by atoms with Gasteiger partial charge in [0.25, 0.3) is 0 Å². The van der Waals surface area contributed by atoms with Crippen LogP contribution >= 0.6 is 11.6 Å². The van der Waals surface area contributed by atoms with Crippen LogP contribution in [-0.2, 0) is 9.59 Å². The Labute approximate surface area is 128 Å². The first-order chi connectivity index (χ1) is 9.95. The van der Waals surface area contributed by atoms with Crippen molar-refractivity contribution in [2.75, 3.05) is 0 Å². The number of aliphatic carboxylic acids is 1. The van der Waals surface area contributed by atoms with Crippen molar-refractivity contribution < 1.29 is 14.7 Å². The molecule has 0 aromatic carbocycles. The van der Waals surface area contributed by atoms with Crippen LogP contribution in [-0.4, -0.2) is 22.0 Å². The predicted molar refractivity (Wildman–Crippen MR) is 78.9 cm³/mol. The fourth-order valence-electron chi connectivity index (χ4n) is 2.38. The van der Waals surface area contributed by atoms with Crippen molar-refractivity contribution in [1.82, 2.24) is 10.3 Å². The molecule has 0 aliphatic heterocycles. The Balaban J connectivity index is 2.13. The molecule has 0 radical (unpaired) electrons. The zero-order valence-corrected chi connectivity index (χ0v) is 12.4. The fraction of sp³-hybridized carbons (Fsp3) is 0.400. The molecule has 21 heavy (non-hydrogen) atoms. The molecule has 0 bridgehead atoms. The molecular weight excluding hydrogens is 292 g/mol. The molecule has 1 aromatic rings. The van der Waals surface area contributed by atoms with Gasteiger partial charge in [-0.15, -0.1) is 0 Å². The van der Waals surface area contributed by atoms with Gasteiger partial charge in [0.05, 0.1) is 16.8 Å². The molecule has 6 heteroatoms. The fourth-order valence-corrected chi connectivity index (χ4v) is 2.50. The van der Waals surface area contributed by atoms with Crippen LogP contribution in [0.1, 0.15) is 37.9 Å². The van der Waals surface area contributed by atoms with Gasteiger partial charge < -0.3 is 10.4 Å². The standard InChI is InChI=1S/C15H17ClN2O3/c1-10(12-6-5-11(16)9-17-12)18-13(19)15(14(20)21)7-3-2-4-8-15/h2-3,5-6,9-10H,4,7-8H2,1H3,(H,18,19)(H,20,21)/t10-,15?/m0/s1. The van der Waals surface area contributed by atoms with Gasteiger partial charge in [-0.2, -0.15) is 0 Å².